The lowest BCUT2D eigenvalue weighted by atomic mass is 10.1. The highest BCUT2D eigenvalue weighted by Crippen LogP contribution is 2.07. The molecule has 0 radical (unpaired) electrons. The van der Waals surface area contributed by atoms with Crippen molar-refractivity contribution in [1.82, 2.24) is 4.90 Å². The fraction of sp³-hybridized carbons (Fsp3) is 0.500. The fourth-order valence-corrected chi connectivity index (χ4v) is 1.73. The van der Waals surface area contributed by atoms with Gasteiger partial charge in [-0.2, -0.15) is 5.26 Å². The average Bonchev–Trinajstić information content (AvgIpc) is 2.37. The van der Waals surface area contributed by atoms with E-state index >= 15 is 0 Å². The molecule has 0 amide bonds. The Balaban J connectivity index is 2.54. The first-order chi connectivity index (χ1) is 8.26. The van der Waals surface area contributed by atoms with Gasteiger partial charge in [-0.1, -0.05) is 30.3 Å². The molecule has 1 aromatic carbocycles. The topological polar surface area (TPSA) is 36.3 Å². The van der Waals surface area contributed by atoms with Gasteiger partial charge in [-0.05, 0) is 12.5 Å². The minimum absolute atomic E-state index is 0.0515. The standard InChI is InChI=1S/C14H20N2O/c1-13(10-15)11-16(8-9-17-2)12-14-6-4-3-5-7-14/h3-7,13H,8-9,11-12H2,1-2H3. The molecule has 1 unspecified atom stereocenters. The summed E-state index contributed by atoms with van der Waals surface area (Å²) in [6.45, 7) is 5.16. The lowest BCUT2D eigenvalue weighted by Gasteiger charge is -2.23. The normalized spacial score (nSPS) is 12.4. The molecule has 1 aromatic rings. The van der Waals surface area contributed by atoms with Crippen LogP contribution in [-0.2, 0) is 11.3 Å². The Bertz CT molecular complexity index is 345. The van der Waals surface area contributed by atoms with Gasteiger partial charge in [0.05, 0.1) is 18.6 Å². The Morgan fingerprint density at radius 1 is 1.35 bits per heavy atom. The highest BCUT2D eigenvalue weighted by Gasteiger charge is 2.09. The Morgan fingerprint density at radius 2 is 2.06 bits per heavy atom. The first kappa shape index (κ1) is 13.7. The van der Waals surface area contributed by atoms with Gasteiger partial charge in [-0.25, -0.2) is 0 Å². The van der Waals surface area contributed by atoms with Crippen molar-refractivity contribution >= 4 is 0 Å². The molecule has 92 valence electrons. The third kappa shape index (κ3) is 5.48. The summed E-state index contributed by atoms with van der Waals surface area (Å²) in [5.41, 5.74) is 1.27. The van der Waals surface area contributed by atoms with Crippen LogP contribution in [0.3, 0.4) is 0 Å². The number of ether oxygens (including phenoxy) is 1. The maximum Gasteiger partial charge on any atom is 0.0666 e. The second-order valence-corrected chi connectivity index (χ2v) is 4.24. The van der Waals surface area contributed by atoms with Gasteiger partial charge in [0, 0.05) is 26.7 Å². The summed E-state index contributed by atoms with van der Waals surface area (Å²) in [5, 5.41) is 8.87. The molecule has 1 atom stereocenters. The Kier molecular flexibility index (Phi) is 6.31. The molecule has 0 aliphatic heterocycles. The van der Waals surface area contributed by atoms with E-state index < -0.39 is 0 Å². The molecule has 1 rings (SSSR count). The summed E-state index contributed by atoms with van der Waals surface area (Å²) in [7, 11) is 1.70. The second-order valence-electron chi connectivity index (χ2n) is 4.24. The third-order valence-corrected chi connectivity index (χ3v) is 2.61. The molecule has 0 spiro atoms. The van der Waals surface area contributed by atoms with E-state index in [1.54, 1.807) is 7.11 Å². The number of rotatable bonds is 7. The van der Waals surface area contributed by atoms with Gasteiger partial charge in [-0.15, -0.1) is 0 Å². The van der Waals surface area contributed by atoms with Crippen molar-refractivity contribution in [2.24, 2.45) is 5.92 Å². The van der Waals surface area contributed by atoms with Crippen molar-refractivity contribution in [1.29, 1.82) is 5.26 Å². The SMILES string of the molecule is COCCN(Cc1ccccc1)CC(C)C#N. The van der Waals surface area contributed by atoms with Crippen molar-refractivity contribution < 1.29 is 4.74 Å². The van der Waals surface area contributed by atoms with Crippen LogP contribution in [0.25, 0.3) is 0 Å². The van der Waals surface area contributed by atoms with Gasteiger partial charge in [0.1, 0.15) is 0 Å². The van der Waals surface area contributed by atoms with E-state index in [9.17, 15) is 0 Å². The molecule has 0 aliphatic carbocycles. The number of benzene rings is 1. The van der Waals surface area contributed by atoms with Gasteiger partial charge < -0.3 is 4.74 Å². The number of hydrogen-bond acceptors (Lipinski definition) is 3. The van der Waals surface area contributed by atoms with Crippen LogP contribution in [0.1, 0.15) is 12.5 Å². The maximum absolute atomic E-state index is 8.87. The number of nitriles is 1. The van der Waals surface area contributed by atoms with E-state index in [0.29, 0.717) is 6.61 Å². The fourth-order valence-electron chi connectivity index (χ4n) is 1.73. The molecule has 0 heterocycles. The van der Waals surface area contributed by atoms with E-state index in [4.69, 9.17) is 10.00 Å². The average molecular weight is 232 g/mol. The summed E-state index contributed by atoms with van der Waals surface area (Å²) in [5.74, 6) is 0.0515. The van der Waals surface area contributed by atoms with Crippen molar-refractivity contribution in [3.05, 3.63) is 35.9 Å². The molecular formula is C14H20N2O. The summed E-state index contributed by atoms with van der Waals surface area (Å²) in [4.78, 5) is 2.26. The van der Waals surface area contributed by atoms with E-state index in [1.165, 1.54) is 5.56 Å². The molecule has 0 saturated heterocycles. The van der Waals surface area contributed by atoms with Gasteiger partial charge in [0.25, 0.3) is 0 Å². The van der Waals surface area contributed by atoms with Crippen molar-refractivity contribution in [3.8, 4) is 6.07 Å². The van der Waals surface area contributed by atoms with Crippen LogP contribution in [0, 0.1) is 17.2 Å². The van der Waals surface area contributed by atoms with Gasteiger partial charge in [0.2, 0.25) is 0 Å². The predicted octanol–water partition coefficient (Wildman–Crippen LogP) is 2.29. The van der Waals surface area contributed by atoms with Crippen LogP contribution >= 0.6 is 0 Å². The summed E-state index contributed by atoms with van der Waals surface area (Å²) in [6.07, 6.45) is 0. The van der Waals surface area contributed by atoms with Gasteiger partial charge in [-0.3, -0.25) is 4.90 Å². The van der Waals surface area contributed by atoms with E-state index in [0.717, 1.165) is 19.6 Å². The lowest BCUT2D eigenvalue weighted by molar-refractivity contribution is 0.139. The summed E-state index contributed by atoms with van der Waals surface area (Å²) < 4.78 is 5.10. The van der Waals surface area contributed by atoms with E-state index in [2.05, 4.69) is 23.1 Å². The van der Waals surface area contributed by atoms with Crippen LogP contribution < -0.4 is 0 Å². The maximum atomic E-state index is 8.87. The van der Waals surface area contributed by atoms with Crippen LogP contribution in [0.5, 0.6) is 0 Å². The minimum Gasteiger partial charge on any atom is -0.383 e. The Hall–Kier alpha value is -1.37. The Morgan fingerprint density at radius 3 is 2.65 bits per heavy atom. The van der Waals surface area contributed by atoms with E-state index in [1.807, 2.05) is 25.1 Å². The zero-order chi connectivity index (χ0) is 12.5. The number of methoxy groups -OCH3 is 1. The third-order valence-electron chi connectivity index (χ3n) is 2.61. The molecule has 0 N–H and O–H groups in total. The molecule has 3 heteroatoms. The molecule has 0 fully saturated rings. The Labute approximate surface area is 104 Å². The van der Waals surface area contributed by atoms with Gasteiger partial charge >= 0.3 is 0 Å². The smallest absolute Gasteiger partial charge is 0.0666 e. The summed E-state index contributed by atoms with van der Waals surface area (Å²) in [6, 6.07) is 12.6. The largest absolute Gasteiger partial charge is 0.383 e. The molecule has 0 aliphatic rings. The second kappa shape index (κ2) is 7.83. The monoisotopic (exact) mass is 232 g/mol. The van der Waals surface area contributed by atoms with Crippen LogP contribution in [-0.4, -0.2) is 31.7 Å². The van der Waals surface area contributed by atoms with Crippen LogP contribution in [0.15, 0.2) is 30.3 Å². The predicted molar refractivity (Wildman–Crippen MR) is 68.4 cm³/mol. The van der Waals surface area contributed by atoms with Crippen LogP contribution in [0.2, 0.25) is 0 Å². The number of nitrogens with zero attached hydrogens (tertiary/aromatic N) is 2. The highest BCUT2D eigenvalue weighted by atomic mass is 16.5. The van der Waals surface area contributed by atoms with Crippen molar-refractivity contribution in [2.45, 2.75) is 13.5 Å². The first-order valence-electron chi connectivity index (χ1n) is 5.91. The lowest BCUT2D eigenvalue weighted by Crippen LogP contribution is -2.30. The van der Waals surface area contributed by atoms with E-state index in [-0.39, 0.29) is 5.92 Å². The molecule has 0 saturated carbocycles. The van der Waals surface area contributed by atoms with Crippen molar-refractivity contribution in [2.75, 3.05) is 26.8 Å². The van der Waals surface area contributed by atoms with Crippen LogP contribution in [0.4, 0.5) is 0 Å². The molecule has 0 bridgehead atoms. The first-order valence-corrected chi connectivity index (χ1v) is 5.91. The van der Waals surface area contributed by atoms with Gasteiger partial charge in [0.15, 0.2) is 0 Å². The molecule has 0 aromatic heterocycles. The molecule has 3 nitrogen and oxygen atoms in total. The minimum atomic E-state index is 0.0515. The molecular weight excluding hydrogens is 212 g/mol. The molecule has 17 heavy (non-hydrogen) atoms. The highest BCUT2D eigenvalue weighted by molar-refractivity contribution is 5.14. The zero-order valence-electron chi connectivity index (χ0n) is 10.6. The quantitative estimate of drug-likeness (QED) is 0.723. The summed E-state index contributed by atoms with van der Waals surface area (Å²) >= 11 is 0. The number of hydrogen-bond donors (Lipinski definition) is 0. The van der Waals surface area contributed by atoms with Crippen molar-refractivity contribution in [3.63, 3.8) is 0 Å². The zero-order valence-corrected chi connectivity index (χ0v) is 10.6.